The van der Waals surface area contributed by atoms with E-state index in [4.69, 9.17) is 11.6 Å². The summed E-state index contributed by atoms with van der Waals surface area (Å²) in [6, 6.07) is 3.38. The molecule has 0 saturated carbocycles. The highest BCUT2D eigenvalue weighted by molar-refractivity contribution is 6.31. The molecule has 7 heteroatoms. The number of amides is 3. The van der Waals surface area contributed by atoms with Crippen molar-refractivity contribution in [1.29, 1.82) is 0 Å². The van der Waals surface area contributed by atoms with Crippen LogP contribution in [0.15, 0.2) is 18.2 Å². The van der Waals surface area contributed by atoms with Gasteiger partial charge in [0.25, 0.3) is 0 Å². The van der Waals surface area contributed by atoms with Crippen LogP contribution in [-0.2, 0) is 4.79 Å². The van der Waals surface area contributed by atoms with Crippen molar-refractivity contribution in [1.82, 2.24) is 10.6 Å². The molecule has 0 aliphatic heterocycles. The molecule has 1 rings (SSSR count). The second-order valence-corrected chi connectivity index (χ2v) is 3.52. The topological polar surface area (TPSA) is 70.2 Å². The van der Waals surface area contributed by atoms with E-state index in [9.17, 15) is 14.0 Å². The average molecular weight is 260 g/mol. The fraction of sp³-hybridized carbons (Fsp3) is 0.200. The Labute approximate surface area is 102 Å². The lowest BCUT2D eigenvalue weighted by Crippen LogP contribution is -2.40. The lowest BCUT2D eigenvalue weighted by atomic mass is 10.3. The standard InChI is InChI=1S/C10H11ClFN3O2/c1-13-10(17)15-9(16)5-14-6-2-3-8(12)7(11)4-6/h2-4,14H,5H2,1H3,(H2,13,15,16,17). The zero-order valence-electron chi connectivity index (χ0n) is 9.01. The van der Waals surface area contributed by atoms with Gasteiger partial charge in [0.2, 0.25) is 5.91 Å². The molecule has 5 nitrogen and oxygen atoms in total. The lowest BCUT2D eigenvalue weighted by Gasteiger charge is -2.07. The van der Waals surface area contributed by atoms with Crippen LogP contribution in [-0.4, -0.2) is 25.5 Å². The molecule has 1 aromatic carbocycles. The van der Waals surface area contributed by atoms with Crippen LogP contribution in [0.1, 0.15) is 0 Å². The van der Waals surface area contributed by atoms with Gasteiger partial charge in [-0.15, -0.1) is 0 Å². The largest absolute Gasteiger partial charge is 0.376 e. The second-order valence-electron chi connectivity index (χ2n) is 3.11. The molecular formula is C10H11ClFN3O2. The Morgan fingerprint density at radius 1 is 1.41 bits per heavy atom. The van der Waals surface area contributed by atoms with Gasteiger partial charge in [0.05, 0.1) is 11.6 Å². The van der Waals surface area contributed by atoms with Gasteiger partial charge in [0, 0.05) is 12.7 Å². The van der Waals surface area contributed by atoms with Crippen LogP contribution in [0.4, 0.5) is 14.9 Å². The van der Waals surface area contributed by atoms with Gasteiger partial charge in [0.15, 0.2) is 0 Å². The summed E-state index contributed by atoms with van der Waals surface area (Å²) in [5.41, 5.74) is 0.489. The molecular weight excluding hydrogens is 249 g/mol. The van der Waals surface area contributed by atoms with Gasteiger partial charge >= 0.3 is 6.03 Å². The maximum atomic E-state index is 12.8. The molecule has 0 heterocycles. The molecule has 0 saturated heterocycles. The van der Waals surface area contributed by atoms with Crippen LogP contribution in [0.25, 0.3) is 0 Å². The highest BCUT2D eigenvalue weighted by Gasteiger charge is 2.06. The first-order valence-electron chi connectivity index (χ1n) is 4.73. The third-order valence-corrected chi connectivity index (χ3v) is 2.14. The zero-order valence-corrected chi connectivity index (χ0v) is 9.77. The molecule has 0 atom stereocenters. The first kappa shape index (κ1) is 13.2. The van der Waals surface area contributed by atoms with Gasteiger partial charge in [-0.3, -0.25) is 10.1 Å². The van der Waals surface area contributed by atoms with E-state index in [1.54, 1.807) is 0 Å². The molecule has 17 heavy (non-hydrogen) atoms. The predicted octanol–water partition coefficient (Wildman–Crippen LogP) is 1.35. The summed E-state index contributed by atoms with van der Waals surface area (Å²) in [5.74, 6) is -1.04. The molecule has 0 unspecified atom stereocenters. The summed E-state index contributed by atoms with van der Waals surface area (Å²) in [4.78, 5) is 22.0. The van der Waals surface area contributed by atoms with E-state index in [1.807, 2.05) is 0 Å². The van der Waals surface area contributed by atoms with Crippen LogP contribution in [0.2, 0.25) is 5.02 Å². The summed E-state index contributed by atoms with van der Waals surface area (Å²) in [7, 11) is 1.40. The van der Waals surface area contributed by atoms with Crippen molar-refractivity contribution >= 4 is 29.2 Å². The Morgan fingerprint density at radius 2 is 2.12 bits per heavy atom. The third kappa shape index (κ3) is 4.28. The number of anilines is 1. The Balaban J connectivity index is 2.47. The Morgan fingerprint density at radius 3 is 2.71 bits per heavy atom. The van der Waals surface area contributed by atoms with Crippen molar-refractivity contribution < 1.29 is 14.0 Å². The summed E-state index contributed by atoms with van der Waals surface area (Å²) >= 11 is 5.56. The fourth-order valence-electron chi connectivity index (χ4n) is 1.02. The molecule has 1 aromatic rings. The molecule has 0 bridgehead atoms. The molecule has 0 aliphatic rings. The number of hydrogen-bond donors (Lipinski definition) is 3. The molecule has 92 valence electrons. The highest BCUT2D eigenvalue weighted by atomic mass is 35.5. The number of carbonyl (C=O) groups is 2. The number of benzene rings is 1. The van der Waals surface area contributed by atoms with Crippen LogP contribution < -0.4 is 16.0 Å². The van der Waals surface area contributed by atoms with Crippen LogP contribution in [0.5, 0.6) is 0 Å². The van der Waals surface area contributed by atoms with Crippen molar-refractivity contribution in [2.45, 2.75) is 0 Å². The maximum Gasteiger partial charge on any atom is 0.321 e. The fourth-order valence-corrected chi connectivity index (χ4v) is 1.20. The number of urea groups is 1. The summed E-state index contributed by atoms with van der Waals surface area (Å²) in [5, 5.41) is 6.97. The predicted molar refractivity (Wildman–Crippen MR) is 62.5 cm³/mol. The zero-order chi connectivity index (χ0) is 12.8. The molecule has 0 radical (unpaired) electrons. The average Bonchev–Trinajstić information content (AvgIpc) is 2.30. The Hall–Kier alpha value is -1.82. The van der Waals surface area contributed by atoms with Crippen molar-refractivity contribution in [3.8, 4) is 0 Å². The number of carbonyl (C=O) groups excluding carboxylic acids is 2. The molecule has 3 amide bonds. The minimum atomic E-state index is -0.589. The van der Waals surface area contributed by atoms with Crippen molar-refractivity contribution in [3.05, 3.63) is 29.0 Å². The van der Waals surface area contributed by atoms with Gasteiger partial charge in [0.1, 0.15) is 5.82 Å². The Kier molecular flexibility index (Phi) is 4.71. The van der Waals surface area contributed by atoms with E-state index in [-0.39, 0.29) is 11.6 Å². The van der Waals surface area contributed by atoms with E-state index in [0.29, 0.717) is 5.69 Å². The van der Waals surface area contributed by atoms with Crippen LogP contribution in [0.3, 0.4) is 0 Å². The summed E-state index contributed by atoms with van der Waals surface area (Å²) in [6.45, 7) is -0.116. The molecule has 0 spiro atoms. The van der Waals surface area contributed by atoms with Crippen molar-refractivity contribution in [2.24, 2.45) is 0 Å². The molecule has 0 aliphatic carbocycles. The smallest absolute Gasteiger partial charge is 0.321 e. The number of nitrogens with one attached hydrogen (secondary N) is 3. The van der Waals surface area contributed by atoms with Crippen molar-refractivity contribution in [2.75, 3.05) is 18.9 Å². The quantitative estimate of drug-likeness (QED) is 0.767. The first-order valence-corrected chi connectivity index (χ1v) is 5.11. The van der Waals surface area contributed by atoms with Crippen LogP contribution in [0, 0.1) is 5.82 Å². The lowest BCUT2D eigenvalue weighted by molar-refractivity contribution is -0.118. The normalized spacial score (nSPS) is 9.59. The number of halogens is 2. The molecule has 0 fully saturated rings. The number of imide groups is 1. The van der Waals surface area contributed by atoms with Gasteiger partial charge in [-0.05, 0) is 18.2 Å². The van der Waals surface area contributed by atoms with Crippen molar-refractivity contribution in [3.63, 3.8) is 0 Å². The van der Waals surface area contributed by atoms with E-state index in [0.717, 1.165) is 0 Å². The van der Waals surface area contributed by atoms with Crippen LogP contribution >= 0.6 is 11.6 Å². The number of rotatable bonds is 3. The third-order valence-electron chi connectivity index (χ3n) is 1.85. The van der Waals surface area contributed by atoms with Gasteiger partial charge in [-0.1, -0.05) is 11.6 Å². The van der Waals surface area contributed by atoms with Gasteiger partial charge < -0.3 is 10.6 Å². The first-order chi connectivity index (χ1) is 8.02. The molecule has 0 aromatic heterocycles. The maximum absolute atomic E-state index is 12.8. The summed E-state index contributed by atoms with van der Waals surface area (Å²) < 4.78 is 12.8. The van der Waals surface area contributed by atoms with E-state index < -0.39 is 17.8 Å². The van der Waals surface area contributed by atoms with Gasteiger partial charge in [-0.25, -0.2) is 9.18 Å². The molecule has 3 N–H and O–H groups in total. The SMILES string of the molecule is CNC(=O)NC(=O)CNc1ccc(F)c(Cl)c1. The minimum Gasteiger partial charge on any atom is -0.376 e. The van der Waals surface area contributed by atoms with Gasteiger partial charge in [-0.2, -0.15) is 0 Å². The summed E-state index contributed by atoms with van der Waals surface area (Å²) in [6.07, 6.45) is 0. The monoisotopic (exact) mass is 259 g/mol. The highest BCUT2D eigenvalue weighted by Crippen LogP contribution is 2.18. The Bertz CT molecular complexity index is 440. The van der Waals surface area contributed by atoms with E-state index in [1.165, 1.54) is 25.2 Å². The van der Waals surface area contributed by atoms with E-state index >= 15 is 0 Å². The number of hydrogen-bond acceptors (Lipinski definition) is 3. The van der Waals surface area contributed by atoms with E-state index in [2.05, 4.69) is 16.0 Å². The minimum absolute atomic E-state index is 0.0401. The second kappa shape index (κ2) is 6.05.